The Morgan fingerprint density at radius 3 is 2.59 bits per heavy atom. The lowest BCUT2D eigenvalue weighted by molar-refractivity contribution is -0.121. The summed E-state index contributed by atoms with van der Waals surface area (Å²) < 4.78 is 0. The lowest BCUT2D eigenvalue weighted by atomic mass is 10.0. The van der Waals surface area contributed by atoms with Crippen LogP contribution in [0.25, 0.3) is 11.1 Å². The van der Waals surface area contributed by atoms with E-state index in [4.69, 9.17) is 11.6 Å². The van der Waals surface area contributed by atoms with Gasteiger partial charge in [0.05, 0.1) is 0 Å². The molecule has 0 spiro atoms. The number of amides is 1. The topological polar surface area (TPSA) is 32.3 Å². The maximum atomic E-state index is 12.4. The van der Waals surface area contributed by atoms with E-state index in [-0.39, 0.29) is 11.9 Å². The van der Waals surface area contributed by atoms with Crippen LogP contribution >= 0.6 is 11.6 Å². The monoisotopic (exact) mass is 376 g/mol. The third-order valence-electron chi connectivity index (χ3n) is 5.10. The maximum Gasteiger partial charge on any atom is 0.242 e. The van der Waals surface area contributed by atoms with E-state index in [0.29, 0.717) is 6.54 Å². The molecule has 136 valence electrons. The summed E-state index contributed by atoms with van der Waals surface area (Å²) in [6, 6.07) is 24.4. The number of anilines is 1. The van der Waals surface area contributed by atoms with Crippen LogP contribution in [0.4, 0.5) is 5.69 Å². The van der Waals surface area contributed by atoms with Gasteiger partial charge >= 0.3 is 0 Å². The van der Waals surface area contributed by atoms with E-state index in [1.54, 1.807) is 7.05 Å². The molecule has 1 aliphatic heterocycles. The summed E-state index contributed by atoms with van der Waals surface area (Å²) in [4.78, 5) is 14.6. The molecular weight excluding hydrogens is 356 g/mol. The summed E-state index contributed by atoms with van der Waals surface area (Å²) >= 11 is 6.01. The summed E-state index contributed by atoms with van der Waals surface area (Å²) in [7, 11) is 1.70. The zero-order chi connectivity index (χ0) is 18.8. The Bertz CT molecular complexity index is 968. The summed E-state index contributed by atoms with van der Waals surface area (Å²) in [6.07, 6.45) is 0.743. The number of likely N-dealkylation sites (N-methyl/N-ethyl adjacent to an activating group) is 1. The highest BCUT2D eigenvalue weighted by Crippen LogP contribution is 2.34. The predicted molar refractivity (Wildman–Crippen MR) is 111 cm³/mol. The van der Waals surface area contributed by atoms with E-state index >= 15 is 0 Å². The van der Waals surface area contributed by atoms with E-state index in [1.807, 2.05) is 36.4 Å². The van der Waals surface area contributed by atoms with Gasteiger partial charge in [0.2, 0.25) is 5.91 Å². The van der Waals surface area contributed by atoms with E-state index in [1.165, 1.54) is 11.1 Å². The Labute approximate surface area is 164 Å². The van der Waals surface area contributed by atoms with E-state index in [2.05, 4.69) is 46.6 Å². The van der Waals surface area contributed by atoms with Crippen molar-refractivity contribution in [1.29, 1.82) is 0 Å². The molecule has 1 heterocycles. The first kappa shape index (κ1) is 17.6. The second-order valence-corrected chi connectivity index (χ2v) is 7.23. The minimum atomic E-state index is -0.174. The molecule has 4 heteroatoms. The standard InChI is InChI=1S/C23H21ClN2O/c1-25-23(27)22-14-19-6-2-3-8-21(19)26(22)15-16-5-4-7-18(13-16)17-9-11-20(24)12-10-17/h2-13,22H,14-15H2,1H3,(H,25,27). The van der Waals surface area contributed by atoms with Crippen LogP contribution in [-0.4, -0.2) is 19.0 Å². The fraction of sp³-hybridized carbons (Fsp3) is 0.174. The highest BCUT2D eigenvalue weighted by molar-refractivity contribution is 6.30. The normalized spacial score (nSPS) is 15.5. The lowest BCUT2D eigenvalue weighted by Gasteiger charge is -2.26. The number of para-hydroxylation sites is 1. The lowest BCUT2D eigenvalue weighted by Crippen LogP contribution is -2.43. The molecule has 0 bridgehead atoms. The van der Waals surface area contributed by atoms with Crippen LogP contribution in [-0.2, 0) is 17.8 Å². The molecule has 3 aromatic carbocycles. The van der Waals surface area contributed by atoms with Crippen LogP contribution in [0.1, 0.15) is 11.1 Å². The van der Waals surface area contributed by atoms with Crippen LogP contribution in [0.5, 0.6) is 0 Å². The summed E-state index contributed by atoms with van der Waals surface area (Å²) in [6.45, 7) is 0.691. The number of carbonyl (C=O) groups is 1. The molecule has 0 fully saturated rings. The molecule has 4 rings (SSSR count). The molecule has 27 heavy (non-hydrogen) atoms. The molecule has 1 amide bonds. The SMILES string of the molecule is CNC(=O)C1Cc2ccccc2N1Cc1cccc(-c2ccc(Cl)cc2)c1. The number of benzene rings is 3. The Kier molecular flexibility index (Phi) is 4.87. The summed E-state index contributed by atoms with van der Waals surface area (Å²) in [5.74, 6) is 0.0556. The van der Waals surface area contributed by atoms with Crippen molar-refractivity contribution < 1.29 is 4.79 Å². The van der Waals surface area contributed by atoms with Gasteiger partial charge < -0.3 is 10.2 Å². The molecule has 0 aromatic heterocycles. The van der Waals surface area contributed by atoms with Crippen molar-refractivity contribution in [2.75, 3.05) is 11.9 Å². The Morgan fingerprint density at radius 1 is 1.04 bits per heavy atom. The Hall–Kier alpha value is -2.78. The summed E-state index contributed by atoms with van der Waals surface area (Å²) in [5, 5.41) is 3.54. The third-order valence-corrected chi connectivity index (χ3v) is 5.35. The van der Waals surface area contributed by atoms with Gasteiger partial charge in [-0.2, -0.15) is 0 Å². The van der Waals surface area contributed by atoms with Crippen molar-refractivity contribution in [2.24, 2.45) is 0 Å². The van der Waals surface area contributed by atoms with Gasteiger partial charge in [-0.25, -0.2) is 0 Å². The molecule has 1 atom stereocenters. The van der Waals surface area contributed by atoms with Crippen LogP contribution < -0.4 is 10.2 Å². The van der Waals surface area contributed by atoms with Crippen LogP contribution in [0.15, 0.2) is 72.8 Å². The van der Waals surface area contributed by atoms with E-state index in [0.717, 1.165) is 28.3 Å². The zero-order valence-corrected chi connectivity index (χ0v) is 15.9. The summed E-state index contributed by atoms with van der Waals surface area (Å²) in [5.41, 5.74) is 5.81. The molecule has 0 aliphatic carbocycles. The molecule has 1 aliphatic rings. The molecular formula is C23H21ClN2O. The smallest absolute Gasteiger partial charge is 0.242 e. The average Bonchev–Trinajstić information content (AvgIpc) is 3.07. The fourth-order valence-electron chi connectivity index (χ4n) is 3.73. The number of hydrogen-bond donors (Lipinski definition) is 1. The first-order valence-corrected chi connectivity index (χ1v) is 9.44. The van der Waals surface area contributed by atoms with Gasteiger partial charge in [-0.05, 0) is 46.5 Å². The molecule has 0 radical (unpaired) electrons. The van der Waals surface area contributed by atoms with Gasteiger partial charge in [-0.1, -0.05) is 60.1 Å². The zero-order valence-electron chi connectivity index (χ0n) is 15.2. The first-order valence-electron chi connectivity index (χ1n) is 9.07. The number of hydrogen-bond acceptors (Lipinski definition) is 2. The first-order chi connectivity index (χ1) is 13.2. The van der Waals surface area contributed by atoms with Crippen molar-refractivity contribution in [3.8, 4) is 11.1 Å². The highest BCUT2D eigenvalue weighted by Gasteiger charge is 2.33. The van der Waals surface area contributed by atoms with Crippen molar-refractivity contribution in [3.05, 3.63) is 88.9 Å². The Balaban J connectivity index is 1.65. The number of halogens is 1. The predicted octanol–water partition coefficient (Wildman–Crippen LogP) is 4.68. The van der Waals surface area contributed by atoms with Gasteiger partial charge in [0.25, 0.3) is 0 Å². The minimum Gasteiger partial charge on any atom is -0.357 e. The number of rotatable bonds is 4. The fourth-order valence-corrected chi connectivity index (χ4v) is 3.86. The van der Waals surface area contributed by atoms with Crippen LogP contribution in [0.3, 0.4) is 0 Å². The molecule has 3 nitrogen and oxygen atoms in total. The molecule has 3 aromatic rings. The maximum absolute atomic E-state index is 12.4. The van der Waals surface area contributed by atoms with Crippen LogP contribution in [0.2, 0.25) is 5.02 Å². The molecule has 1 N–H and O–H groups in total. The van der Waals surface area contributed by atoms with Gasteiger partial charge in [-0.15, -0.1) is 0 Å². The number of nitrogens with zero attached hydrogens (tertiary/aromatic N) is 1. The highest BCUT2D eigenvalue weighted by atomic mass is 35.5. The molecule has 1 unspecified atom stereocenters. The van der Waals surface area contributed by atoms with Crippen molar-refractivity contribution in [1.82, 2.24) is 5.32 Å². The van der Waals surface area contributed by atoms with E-state index in [9.17, 15) is 4.79 Å². The molecule has 0 saturated heterocycles. The third kappa shape index (κ3) is 3.56. The number of nitrogens with one attached hydrogen (secondary N) is 1. The number of carbonyl (C=O) groups excluding carboxylic acids is 1. The molecule has 0 saturated carbocycles. The quantitative estimate of drug-likeness (QED) is 0.716. The average molecular weight is 377 g/mol. The number of fused-ring (bicyclic) bond motifs is 1. The van der Waals surface area contributed by atoms with E-state index < -0.39 is 0 Å². The van der Waals surface area contributed by atoms with Crippen molar-refractivity contribution in [2.45, 2.75) is 19.0 Å². The van der Waals surface area contributed by atoms with Crippen LogP contribution in [0, 0.1) is 0 Å². The van der Waals surface area contributed by atoms with Gasteiger partial charge in [0, 0.05) is 30.7 Å². The van der Waals surface area contributed by atoms with Crippen molar-refractivity contribution in [3.63, 3.8) is 0 Å². The Morgan fingerprint density at radius 2 is 1.81 bits per heavy atom. The minimum absolute atomic E-state index is 0.0556. The van der Waals surface area contributed by atoms with Gasteiger partial charge in [0.1, 0.15) is 6.04 Å². The largest absolute Gasteiger partial charge is 0.357 e. The van der Waals surface area contributed by atoms with Crippen molar-refractivity contribution >= 4 is 23.2 Å². The van der Waals surface area contributed by atoms with Gasteiger partial charge in [0.15, 0.2) is 0 Å². The second-order valence-electron chi connectivity index (χ2n) is 6.80. The second kappa shape index (κ2) is 7.45. The van der Waals surface area contributed by atoms with Gasteiger partial charge in [-0.3, -0.25) is 4.79 Å².